The Balaban J connectivity index is 2.68. The van der Waals surface area contributed by atoms with Crippen molar-refractivity contribution in [3.8, 4) is 0 Å². The molecule has 0 fully saturated rings. The molecule has 0 aliphatic rings. The Morgan fingerprint density at radius 3 is 2.71 bits per heavy atom. The zero-order chi connectivity index (χ0) is 15.6. The molecule has 0 aliphatic carbocycles. The van der Waals surface area contributed by atoms with Gasteiger partial charge in [0.2, 0.25) is 0 Å². The molecular formula is C16H18BrNO3. The van der Waals surface area contributed by atoms with Crippen LogP contribution in [0.1, 0.15) is 59.5 Å². The number of halogens is 1. The minimum absolute atomic E-state index is 0.212. The molecule has 0 amide bonds. The van der Waals surface area contributed by atoms with E-state index in [1.807, 2.05) is 12.1 Å². The molecule has 0 radical (unpaired) electrons. The Labute approximate surface area is 132 Å². The van der Waals surface area contributed by atoms with Crippen LogP contribution in [0, 0.1) is 0 Å². The standard InChI is InChI=1S/C16H18BrNO3/c1-4-9(3)10-6-11-12(8-19)15(16(20)21-5-2)18-14(11)13(17)7-10/h6-9,18H,4-5H2,1-3H3. The van der Waals surface area contributed by atoms with Crippen LogP contribution in [0.5, 0.6) is 0 Å². The molecule has 1 aromatic heterocycles. The average molecular weight is 352 g/mol. The van der Waals surface area contributed by atoms with Gasteiger partial charge in [0.25, 0.3) is 0 Å². The molecule has 1 heterocycles. The van der Waals surface area contributed by atoms with Crippen LogP contribution in [0.15, 0.2) is 16.6 Å². The summed E-state index contributed by atoms with van der Waals surface area (Å²) in [5, 5.41) is 0.748. The van der Waals surface area contributed by atoms with Crippen LogP contribution in [-0.4, -0.2) is 23.8 Å². The van der Waals surface area contributed by atoms with E-state index >= 15 is 0 Å². The molecule has 0 spiro atoms. The van der Waals surface area contributed by atoms with Crippen LogP contribution in [0.3, 0.4) is 0 Å². The van der Waals surface area contributed by atoms with Gasteiger partial charge in [0, 0.05) is 9.86 Å². The van der Waals surface area contributed by atoms with Crippen LogP contribution >= 0.6 is 15.9 Å². The highest BCUT2D eigenvalue weighted by atomic mass is 79.9. The summed E-state index contributed by atoms with van der Waals surface area (Å²) in [6, 6.07) is 3.99. The van der Waals surface area contributed by atoms with Crippen molar-refractivity contribution in [1.82, 2.24) is 4.98 Å². The van der Waals surface area contributed by atoms with E-state index < -0.39 is 5.97 Å². The first-order chi connectivity index (χ1) is 10.0. The number of aromatic amines is 1. The number of aldehydes is 1. The van der Waals surface area contributed by atoms with Gasteiger partial charge in [0.15, 0.2) is 6.29 Å². The molecule has 2 rings (SSSR count). The van der Waals surface area contributed by atoms with E-state index in [0.29, 0.717) is 17.8 Å². The van der Waals surface area contributed by atoms with Crippen LogP contribution < -0.4 is 0 Å². The van der Waals surface area contributed by atoms with Gasteiger partial charge in [-0.2, -0.15) is 0 Å². The summed E-state index contributed by atoms with van der Waals surface area (Å²) < 4.78 is 5.84. The molecule has 2 aromatic rings. The minimum Gasteiger partial charge on any atom is -0.461 e. The number of rotatable bonds is 5. The van der Waals surface area contributed by atoms with Gasteiger partial charge in [0.1, 0.15) is 5.69 Å². The Hall–Kier alpha value is -1.62. The van der Waals surface area contributed by atoms with Gasteiger partial charge in [-0.3, -0.25) is 4.79 Å². The molecular weight excluding hydrogens is 334 g/mol. The van der Waals surface area contributed by atoms with Gasteiger partial charge in [-0.15, -0.1) is 0 Å². The van der Waals surface area contributed by atoms with Crippen molar-refractivity contribution in [1.29, 1.82) is 0 Å². The third-order valence-electron chi connectivity index (χ3n) is 3.70. The maximum atomic E-state index is 12.0. The summed E-state index contributed by atoms with van der Waals surface area (Å²) in [5.41, 5.74) is 2.44. The normalized spacial score (nSPS) is 12.4. The molecule has 0 aliphatic heterocycles. The Bertz CT molecular complexity index is 690. The van der Waals surface area contributed by atoms with Gasteiger partial charge < -0.3 is 9.72 Å². The number of aromatic nitrogens is 1. The van der Waals surface area contributed by atoms with Gasteiger partial charge >= 0.3 is 5.97 Å². The van der Waals surface area contributed by atoms with E-state index in [1.54, 1.807) is 6.92 Å². The molecule has 1 aromatic carbocycles. The largest absolute Gasteiger partial charge is 0.461 e. The van der Waals surface area contributed by atoms with Gasteiger partial charge in [-0.25, -0.2) is 4.79 Å². The lowest BCUT2D eigenvalue weighted by Gasteiger charge is -2.10. The van der Waals surface area contributed by atoms with Crippen molar-refractivity contribution in [3.05, 3.63) is 33.4 Å². The third-order valence-corrected chi connectivity index (χ3v) is 4.33. The predicted octanol–water partition coefficient (Wildman–Crippen LogP) is 4.43. The molecule has 21 heavy (non-hydrogen) atoms. The molecule has 1 atom stereocenters. The smallest absolute Gasteiger partial charge is 0.355 e. The fourth-order valence-electron chi connectivity index (χ4n) is 2.30. The number of hydrogen-bond acceptors (Lipinski definition) is 3. The third kappa shape index (κ3) is 2.88. The van der Waals surface area contributed by atoms with E-state index in [9.17, 15) is 9.59 Å². The summed E-state index contributed by atoms with van der Waals surface area (Å²) in [6.07, 6.45) is 1.71. The summed E-state index contributed by atoms with van der Waals surface area (Å²) in [4.78, 5) is 26.4. The average Bonchev–Trinajstić information content (AvgIpc) is 2.85. The zero-order valence-electron chi connectivity index (χ0n) is 12.3. The Morgan fingerprint density at radius 2 is 2.14 bits per heavy atom. The molecule has 1 unspecified atom stereocenters. The van der Waals surface area contributed by atoms with Crippen LogP contribution in [0.25, 0.3) is 10.9 Å². The zero-order valence-corrected chi connectivity index (χ0v) is 13.9. The van der Waals surface area contributed by atoms with Crippen molar-refractivity contribution in [3.63, 3.8) is 0 Å². The first-order valence-electron chi connectivity index (χ1n) is 7.00. The van der Waals surface area contributed by atoms with Crippen molar-refractivity contribution in [2.24, 2.45) is 0 Å². The fraction of sp³-hybridized carbons (Fsp3) is 0.375. The monoisotopic (exact) mass is 351 g/mol. The van der Waals surface area contributed by atoms with Gasteiger partial charge in [-0.1, -0.05) is 13.8 Å². The van der Waals surface area contributed by atoms with Crippen LogP contribution in [0.4, 0.5) is 0 Å². The van der Waals surface area contributed by atoms with E-state index in [4.69, 9.17) is 4.74 Å². The van der Waals surface area contributed by atoms with E-state index in [2.05, 4.69) is 34.8 Å². The van der Waals surface area contributed by atoms with E-state index in [-0.39, 0.29) is 12.3 Å². The second-order valence-electron chi connectivity index (χ2n) is 4.99. The lowest BCUT2D eigenvalue weighted by atomic mass is 9.96. The molecule has 4 nitrogen and oxygen atoms in total. The van der Waals surface area contributed by atoms with Crippen molar-refractivity contribution < 1.29 is 14.3 Å². The highest BCUT2D eigenvalue weighted by molar-refractivity contribution is 9.10. The van der Waals surface area contributed by atoms with Gasteiger partial charge in [-0.05, 0) is 52.9 Å². The van der Waals surface area contributed by atoms with Gasteiger partial charge in [0.05, 0.1) is 17.7 Å². The van der Waals surface area contributed by atoms with E-state index in [1.165, 1.54) is 0 Å². The lowest BCUT2D eigenvalue weighted by molar-refractivity contribution is 0.0518. The SMILES string of the molecule is CCOC(=O)c1[nH]c2c(Br)cc(C(C)CC)cc2c1C=O. The number of carbonyl (C=O) groups excluding carboxylic acids is 2. The number of esters is 1. The maximum Gasteiger partial charge on any atom is 0.355 e. The highest BCUT2D eigenvalue weighted by Gasteiger charge is 2.20. The number of nitrogens with one attached hydrogen (secondary N) is 1. The van der Waals surface area contributed by atoms with E-state index in [0.717, 1.165) is 27.4 Å². The topological polar surface area (TPSA) is 59.2 Å². The predicted molar refractivity (Wildman–Crippen MR) is 86.0 cm³/mol. The Kier molecular flexibility index (Phi) is 4.83. The first-order valence-corrected chi connectivity index (χ1v) is 7.80. The highest BCUT2D eigenvalue weighted by Crippen LogP contribution is 2.33. The quantitative estimate of drug-likeness (QED) is 0.640. The van der Waals surface area contributed by atoms with Crippen molar-refractivity contribution in [2.75, 3.05) is 6.61 Å². The Morgan fingerprint density at radius 1 is 1.43 bits per heavy atom. The number of ether oxygens (including phenoxy) is 1. The van der Waals surface area contributed by atoms with Crippen molar-refractivity contribution >= 4 is 39.1 Å². The fourth-order valence-corrected chi connectivity index (χ4v) is 2.88. The summed E-state index contributed by atoms with van der Waals surface area (Å²) in [7, 11) is 0. The number of fused-ring (bicyclic) bond motifs is 1. The van der Waals surface area contributed by atoms with Crippen LogP contribution in [-0.2, 0) is 4.74 Å². The summed E-state index contributed by atoms with van der Waals surface area (Å²) in [6.45, 7) is 6.25. The second-order valence-corrected chi connectivity index (χ2v) is 5.84. The molecule has 5 heteroatoms. The summed E-state index contributed by atoms with van der Waals surface area (Å²) in [5.74, 6) is -0.126. The molecule has 0 bridgehead atoms. The number of hydrogen-bond donors (Lipinski definition) is 1. The van der Waals surface area contributed by atoms with Crippen LogP contribution in [0.2, 0.25) is 0 Å². The lowest BCUT2D eigenvalue weighted by Crippen LogP contribution is -2.07. The maximum absolute atomic E-state index is 12.0. The molecule has 1 N–H and O–H groups in total. The molecule has 112 valence electrons. The summed E-state index contributed by atoms with van der Waals surface area (Å²) >= 11 is 3.51. The van der Waals surface area contributed by atoms with Crippen molar-refractivity contribution in [2.45, 2.75) is 33.1 Å². The number of H-pyrrole nitrogens is 1. The molecule has 0 saturated carbocycles. The minimum atomic E-state index is -0.507. The number of carbonyl (C=O) groups is 2. The number of benzene rings is 1. The molecule has 0 saturated heterocycles. The first kappa shape index (κ1) is 15.8. The second kappa shape index (κ2) is 6.43.